The number of thioether (sulfide) groups is 1. The molecule has 4 heteroatoms. The van der Waals surface area contributed by atoms with E-state index in [2.05, 4.69) is 38.0 Å². The fourth-order valence-corrected chi connectivity index (χ4v) is 3.56. The summed E-state index contributed by atoms with van der Waals surface area (Å²) in [6.45, 7) is 11.9. The molecule has 120 valence electrons. The number of likely N-dealkylation sites (N-methyl/N-ethyl adjacent to an activating group) is 1. The van der Waals surface area contributed by atoms with E-state index in [0.717, 1.165) is 41.6 Å². The van der Waals surface area contributed by atoms with Crippen molar-refractivity contribution in [1.82, 2.24) is 10.3 Å². The van der Waals surface area contributed by atoms with Crippen molar-refractivity contribution in [2.24, 2.45) is 5.92 Å². The number of hydrogen-bond donors (Lipinski definition) is 1. The van der Waals surface area contributed by atoms with Gasteiger partial charge >= 0.3 is 0 Å². The van der Waals surface area contributed by atoms with Crippen molar-refractivity contribution in [1.29, 1.82) is 0 Å². The van der Waals surface area contributed by atoms with Crippen molar-refractivity contribution in [3.8, 4) is 5.75 Å². The number of methoxy groups -OCH3 is 1. The first-order chi connectivity index (χ1) is 9.99. The molecule has 0 amide bonds. The number of aryl methyl sites for hydroxylation is 1. The third kappa shape index (κ3) is 5.87. The zero-order valence-corrected chi connectivity index (χ0v) is 15.1. The summed E-state index contributed by atoms with van der Waals surface area (Å²) in [6, 6.07) is 0.470. The molecular formula is C17H30N2OS. The Hall–Kier alpha value is -0.740. The lowest BCUT2D eigenvalue weighted by Crippen LogP contribution is -2.34. The van der Waals surface area contributed by atoms with Gasteiger partial charge in [-0.25, -0.2) is 0 Å². The zero-order chi connectivity index (χ0) is 15.8. The largest absolute Gasteiger partial charge is 0.496 e. The van der Waals surface area contributed by atoms with Crippen molar-refractivity contribution in [3.05, 3.63) is 23.0 Å². The van der Waals surface area contributed by atoms with Gasteiger partial charge in [0.2, 0.25) is 0 Å². The SMILES string of the molecule is CCNC(CSCC(C)C)Cc1ncc(C)c(OC)c1C. The number of nitrogens with one attached hydrogen (secondary N) is 1. The second-order valence-corrected chi connectivity index (χ2v) is 7.01. The number of rotatable bonds is 9. The Labute approximate surface area is 134 Å². The first kappa shape index (κ1) is 18.3. The van der Waals surface area contributed by atoms with Gasteiger partial charge in [0.15, 0.2) is 0 Å². The quantitative estimate of drug-likeness (QED) is 0.755. The van der Waals surface area contributed by atoms with Crippen LogP contribution >= 0.6 is 11.8 Å². The van der Waals surface area contributed by atoms with E-state index in [0.29, 0.717) is 6.04 Å². The van der Waals surface area contributed by atoms with E-state index in [9.17, 15) is 0 Å². The molecule has 1 N–H and O–H groups in total. The molecule has 0 aromatic carbocycles. The van der Waals surface area contributed by atoms with Crippen LogP contribution in [0.3, 0.4) is 0 Å². The summed E-state index contributed by atoms with van der Waals surface area (Å²) in [7, 11) is 1.74. The highest BCUT2D eigenvalue weighted by Gasteiger charge is 2.15. The molecule has 3 nitrogen and oxygen atoms in total. The third-order valence-corrected chi connectivity index (χ3v) is 4.99. The average molecular weight is 311 g/mol. The average Bonchev–Trinajstić information content (AvgIpc) is 2.42. The summed E-state index contributed by atoms with van der Waals surface area (Å²) in [5.41, 5.74) is 3.43. The molecule has 0 spiro atoms. The maximum Gasteiger partial charge on any atom is 0.128 e. The minimum atomic E-state index is 0.470. The number of aromatic nitrogens is 1. The minimum Gasteiger partial charge on any atom is -0.496 e. The predicted octanol–water partition coefficient (Wildman–Crippen LogP) is 3.62. The third-order valence-electron chi connectivity index (χ3n) is 3.45. The number of ether oxygens (including phenoxy) is 1. The van der Waals surface area contributed by atoms with Crippen LogP contribution in [0.1, 0.15) is 37.6 Å². The summed E-state index contributed by atoms with van der Waals surface area (Å²) in [6.07, 6.45) is 2.88. The topological polar surface area (TPSA) is 34.2 Å². The highest BCUT2D eigenvalue weighted by molar-refractivity contribution is 7.99. The molecule has 1 unspecified atom stereocenters. The van der Waals surface area contributed by atoms with E-state index in [1.807, 2.05) is 24.9 Å². The summed E-state index contributed by atoms with van der Waals surface area (Å²) < 4.78 is 5.50. The molecular weight excluding hydrogens is 280 g/mol. The number of hydrogen-bond acceptors (Lipinski definition) is 4. The lowest BCUT2D eigenvalue weighted by atomic mass is 10.1. The molecule has 0 aliphatic rings. The molecule has 1 aromatic rings. The van der Waals surface area contributed by atoms with Crippen LogP contribution in [0.5, 0.6) is 5.75 Å². The van der Waals surface area contributed by atoms with Gasteiger partial charge < -0.3 is 10.1 Å². The van der Waals surface area contributed by atoms with Crippen molar-refractivity contribution >= 4 is 11.8 Å². The summed E-state index contributed by atoms with van der Waals surface area (Å²) in [5, 5.41) is 3.58. The highest BCUT2D eigenvalue weighted by atomic mass is 32.2. The molecule has 0 aliphatic carbocycles. The Balaban J connectivity index is 2.74. The second kappa shape index (κ2) is 9.31. The monoisotopic (exact) mass is 310 g/mol. The molecule has 0 saturated carbocycles. The molecule has 0 aliphatic heterocycles. The van der Waals surface area contributed by atoms with Gasteiger partial charge in [-0.05, 0) is 32.1 Å². The van der Waals surface area contributed by atoms with Crippen LogP contribution in [0.2, 0.25) is 0 Å². The van der Waals surface area contributed by atoms with Crippen LogP contribution in [-0.2, 0) is 6.42 Å². The van der Waals surface area contributed by atoms with Crippen LogP contribution < -0.4 is 10.1 Å². The van der Waals surface area contributed by atoms with E-state index in [1.54, 1.807) is 7.11 Å². The lowest BCUT2D eigenvalue weighted by molar-refractivity contribution is 0.406. The molecule has 0 radical (unpaired) electrons. The van der Waals surface area contributed by atoms with Gasteiger partial charge in [0, 0.05) is 41.2 Å². The molecule has 21 heavy (non-hydrogen) atoms. The van der Waals surface area contributed by atoms with Crippen LogP contribution in [0, 0.1) is 19.8 Å². The minimum absolute atomic E-state index is 0.470. The molecule has 1 atom stereocenters. The van der Waals surface area contributed by atoms with E-state index >= 15 is 0 Å². The molecule has 1 heterocycles. The zero-order valence-electron chi connectivity index (χ0n) is 14.3. The fourth-order valence-electron chi connectivity index (χ4n) is 2.43. The van der Waals surface area contributed by atoms with E-state index < -0.39 is 0 Å². The van der Waals surface area contributed by atoms with Gasteiger partial charge in [0.1, 0.15) is 5.75 Å². The van der Waals surface area contributed by atoms with Gasteiger partial charge in [-0.3, -0.25) is 4.98 Å². The predicted molar refractivity (Wildman–Crippen MR) is 93.6 cm³/mol. The molecule has 0 saturated heterocycles. The standard InChI is InChI=1S/C17H30N2OS/c1-7-18-15(11-21-10-12(2)3)8-16-14(5)17(20-6)13(4)9-19-16/h9,12,15,18H,7-8,10-11H2,1-6H3. The first-order valence-electron chi connectivity index (χ1n) is 7.79. The smallest absolute Gasteiger partial charge is 0.128 e. The fraction of sp³-hybridized carbons (Fsp3) is 0.706. The Morgan fingerprint density at radius 3 is 2.57 bits per heavy atom. The highest BCUT2D eigenvalue weighted by Crippen LogP contribution is 2.25. The van der Waals surface area contributed by atoms with Gasteiger partial charge in [0.05, 0.1) is 7.11 Å². The van der Waals surface area contributed by atoms with Crippen molar-refractivity contribution in [3.63, 3.8) is 0 Å². The van der Waals surface area contributed by atoms with E-state index in [4.69, 9.17) is 4.74 Å². The van der Waals surface area contributed by atoms with Gasteiger partial charge in [0.25, 0.3) is 0 Å². The Morgan fingerprint density at radius 2 is 2.00 bits per heavy atom. The lowest BCUT2D eigenvalue weighted by Gasteiger charge is -2.20. The van der Waals surface area contributed by atoms with Crippen LogP contribution in [0.25, 0.3) is 0 Å². The van der Waals surface area contributed by atoms with Crippen molar-refractivity contribution < 1.29 is 4.74 Å². The second-order valence-electron chi connectivity index (χ2n) is 5.94. The van der Waals surface area contributed by atoms with Gasteiger partial charge in [-0.15, -0.1) is 0 Å². The normalized spacial score (nSPS) is 12.7. The number of nitrogens with zero attached hydrogens (tertiary/aromatic N) is 1. The Kier molecular flexibility index (Phi) is 8.12. The Bertz CT molecular complexity index is 435. The van der Waals surface area contributed by atoms with E-state index in [-0.39, 0.29) is 0 Å². The van der Waals surface area contributed by atoms with Gasteiger partial charge in [-0.2, -0.15) is 11.8 Å². The maximum absolute atomic E-state index is 5.50. The molecule has 1 aromatic heterocycles. The summed E-state index contributed by atoms with van der Waals surface area (Å²) >= 11 is 2.03. The first-order valence-corrected chi connectivity index (χ1v) is 8.95. The van der Waals surface area contributed by atoms with Crippen LogP contribution in [0.4, 0.5) is 0 Å². The molecule has 0 fully saturated rings. The van der Waals surface area contributed by atoms with Crippen LogP contribution in [0.15, 0.2) is 6.20 Å². The number of pyridine rings is 1. The molecule has 0 bridgehead atoms. The Morgan fingerprint density at radius 1 is 1.29 bits per heavy atom. The summed E-state index contributed by atoms with van der Waals surface area (Å²) in [5.74, 6) is 4.07. The molecule has 1 rings (SSSR count). The van der Waals surface area contributed by atoms with Crippen molar-refractivity contribution in [2.75, 3.05) is 25.2 Å². The van der Waals surface area contributed by atoms with Crippen molar-refractivity contribution in [2.45, 2.75) is 47.1 Å². The maximum atomic E-state index is 5.50. The van der Waals surface area contributed by atoms with E-state index in [1.165, 1.54) is 11.3 Å². The van der Waals surface area contributed by atoms with Gasteiger partial charge in [-0.1, -0.05) is 20.8 Å². The summed E-state index contributed by atoms with van der Waals surface area (Å²) in [4.78, 5) is 4.62. The van der Waals surface area contributed by atoms with Crippen LogP contribution in [-0.4, -0.2) is 36.2 Å².